The fraction of sp³-hybridized carbons (Fsp3) is 0.0500. The van der Waals surface area contributed by atoms with Crippen LogP contribution in [0.3, 0.4) is 0 Å². The highest BCUT2D eigenvalue weighted by molar-refractivity contribution is 5.99. The second-order valence-corrected chi connectivity index (χ2v) is 6.78. The second kappa shape index (κ2) is 9.53. The predicted octanol–water partition coefficient (Wildman–Crippen LogP) is 0.00540. The van der Waals surface area contributed by atoms with E-state index in [-0.39, 0.29) is 5.82 Å². The van der Waals surface area contributed by atoms with Crippen LogP contribution in [0.4, 0.5) is 15.8 Å². The van der Waals surface area contributed by atoms with Crippen molar-refractivity contribution in [3.8, 4) is 0 Å². The molecular weight excluding hydrogens is 415 g/mol. The Morgan fingerprint density at radius 3 is 1.90 bits per heavy atom. The first-order chi connectivity index (χ1) is 14.3. The number of rotatable bonds is 3. The molecule has 30 heavy (non-hydrogen) atoms. The summed E-state index contributed by atoms with van der Waals surface area (Å²) in [5.41, 5.74) is 2.71. The predicted molar refractivity (Wildman–Crippen MR) is 95.5 cm³/mol. The third kappa shape index (κ3) is 6.41. The van der Waals surface area contributed by atoms with Crippen LogP contribution in [-0.2, 0) is 0 Å². The maximum atomic E-state index is 13.2. The van der Waals surface area contributed by atoms with Crippen molar-refractivity contribution in [2.24, 2.45) is 10.2 Å². The number of benzene rings is 3. The Bertz CT molecular complexity index is 1020. The monoisotopic (exact) mass is 430 g/mol. The van der Waals surface area contributed by atoms with Crippen LogP contribution in [0.1, 0.15) is 5.56 Å². The fourth-order valence-electron chi connectivity index (χ4n) is 2.63. The largest absolute Gasteiger partial charge is 0.269 e. The van der Waals surface area contributed by atoms with Crippen LogP contribution in [0.5, 0.6) is 0 Å². The smallest absolute Gasteiger partial charge is 0.222 e. The van der Waals surface area contributed by atoms with Gasteiger partial charge in [-0.1, -0.05) is 41.1 Å². The maximum Gasteiger partial charge on any atom is 0.269 e. The minimum absolute atomic E-state index is 0.278. The van der Waals surface area contributed by atoms with E-state index in [0.29, 0.717) is 12.5 Å². The van der Waals surface area contributed by atoms with E-state index in [0.717, 1.165) is 16.9 Å². The third-order valence-electron chi connectivity index (χ3n) is 3.91. The zero-order chi connectivity index (χ0) is 21.6. The number of para-hydroxylation sites is 2. The van der Waals surface area contributed by atoms with E-state index < -0.39 is 10.2 Å². The van der Waals surface area contributed by atoms with Crippen LogP contribution in [0.25, 0.3) is 0 Å². The summed E-state index contributed by atoms with van der Waals surface area (Å²) < 4.78 is 49.1. The van der Waals surface area contributed by atoms with Gasteiger partial charge in [-0.2, -0.15) is 0 Å². The lowest BCUT2D eigenvalue weighted by Crippen LogP contribution is -2.68. The van der Waals surface area contributed by atoms with Gasteiger partial charge >= 0.3 is 0 Å². The molecule has 3 aromatic rings. The molecule has 0 unspecified atom stereocenters. The molecule has 0 atom stereocenters. The van der Waals surface area contributed by atoms with E-state index in [9.17, 15) is 4.39 Å². The lowest BCUT2D eigenvalue weighted by Gasteiger charge is -2.20. The summed E-state index contributed by atoms with van der Waals surface area (Å²) in [4.78, 5) is 0. The number of hydrogen-bond acceptors (Lipinski definition) is 7. The molecule has 1 aliphatic rings. The van der Waals surface area contributed by atoms with E-state index in [1.807, 2.05) is 70.4 Å². The van der Waals surface area contributed by atoms with Crippen molar-refractivity contribution in [3.05, 3.63) is 96.3 Å². The first-order valence-corrected chi connectivity index (χ1v) is 9.86. The van der Waals surface area contributed by atoms with Gasteiger partial charge in [0.2, 0.25) is 11.5 Å². The number of amidine groups is 1. The summed E-state index contributed by atoms with van der Waals surface area (Å²) in [6.45, 7) is 0.499. The summed E-state index contributed by atoms with van der Waals surface area (Å²) in [7, 11) is -4.94. The van der Waals surface area contributed by atoms with E-state index >= 15 is 0 Å². The molecule has 0 amide bonds. The number of nitrogens with zero attached hydrogens (tertiary/aromatic N) is 4. The number of hydrazone groups is 1. The number of azo groups is 2. The highest BCUT2D eigenvalue weighted by Crippen LogP contribution is 2.22. The molecule has 1 heterocycles. The standard InChI is InChI=1S/C20H16FN4.ClHO4/c21-17-13-11-16(12-14-17)20-22-24(18-7-3-1-4-8-18)15-25(23-20)19-9-5-2-6-10-19;2-1(3,4)5/h1-14H,15H2;(H,2,3,4,5)/q+1;/p-1. The molecule has 0 bridgehead atoms. The van der Waals surface area contributed by atoms with Crippen LogP contribution in [0.15, 0.2) is 95.1 Å². The average molecular weight is 431 g/mol. The Morgan fingerprint density at radius 2 is 1.33 bits per heavy atom. The number of anilines is 1. The van der Waals surface area contributed by atoms with Gasteiger partial charge in [0, 0.05) is 22.8 Å². The third-order valence-corrected chi connectivity index (χ3v) is 3.91. The maximum absolute atomic E-state index is 13.2. The van der Waals surface area contributed by atoms with Crippen molar-refractivity contribution in [2.45, 2.75) is 0 Å². The van der Waals surface area contributed by atoms with E-state index in [2.05, 4.69) is 10.2 Å². The van der Waals surface area contributed by atoms with Crippen molar-refractivity contribution >= 4 is 17.2 Å². The number of halogens is 2. The highest BCUT2D eigenvalue weighted by atomic mass is 35.7. The highest BCUT2D eigenvalue weighted by Gasteiger charge is 2.25. The van der Waals surface area contributed by atoms with Gasteiger partial charge in [0.05, 0.1) is 5.69 Å². The summed E-state index contributed by atoms with van der Waals surface area (Å²) in [5.74, 6) is 0.263. The molecule has 0 spiro atoms. The second-order valence-electron chi connectivity index (χ2n) is 6.02. The van der Waals surface area contributed by atoms with Crippen LogP contribution in [0, 0.1) is 16.1 Å². The van der Waals surface area contributed by atoms with E-state index in [1.165, 1.54) is 12.1 Å². The Hall–Kier alpha value is -3.21. The van der Waals surface area contributed by atoms with Gasteiger partial charge in [0.15, 0.2) is 0 Å². The van der Waals surface area contributed by atoms with Gasteiger partial charge in [-0.25, -0.2) is 28.0 Å². The van der Waals surface area contributed by atoms with Crippen LogP contribution < -0.4 is 23.6 Å². The summed E-state index contributed by atoms with van der Waals surface area (Å²) in [5, 5.41) is 11.2. The Balaban J connectivity index is 0.000000461. The minimum atomic E-state index is -4.94. The number of hydrogen-bond donors (Lipinski definition) is 0. The van der Waals surface area contributed by atoms with Gasteiger partial charge in [-0.05, 0) is 36.4 Å². The van der Waals surface area contributed by atoms with Crippen molar-refractivity contribution < 1.29 is 38.0 Å². The summed E-state index contributed by atoms with van der Waals surface area (Å²) in [6, 6.07) is 26.0. The zero-order valence-electron chi connectivity index (χ0n) is 15.5. The van der Waals surface area contributed by atoms with Crippen LogP contribution >= 0.6 is 0 Å². The Labute approximate surface area is 173 Å². The van der Waals surface area contributed by atoms with Crippen molar-refractivity contribution in [1.82, 2.24) is 0 Å². The molecule has 0 fully saturated rings. The minimum Gasteiger partial charge on any atom is -0.222 e. The topological polar surface area (TPSA) is 123 Å². The SMILES string of the molecule is Fc1ccc(C2=NN(c3ccccc3)C[N+](c3ccccc3)=N2)cc1.[O-][Cl+3]([O-])([O-])[O-]. The first-order valence-electron chi connectivity index (χ1n) is 8.63. The van der Waals surface area contributed by atoms with Crippen molar-refractivity contribution in [1.29, 1.82) is 0 Å². The van der Waals surface area contributed by atoms with E-state index in [4.69, 9.17) is 18.6 Å². The quantitative estimate of drug-likeness (QED) is 0.541. The first kappa shape index (κ1) is 21.5. The van der Waals surface area contributed by atoms with Gasteiger partial charge in [-0.3, -0.25) is 0 Å². The molecule has 1 aliphatic heterocycles. The van der Waals surface area contributed by atoms with Crippen molar-refractivity contribution in [2.75, 3.05) is 11.7 Å². The molecule has 0 radical (unpaired) electrons. The van der Waals surface area contributed by atoms with Crippen LogP contribution in [-0.4, -0.2) is 17.2 Å². The Kier molecular flexibility index (Phi) is 6.83. The molecule has 10 heteroatoms. The van der Waals surface area contributed by atoms with Gasteiger partial charge in [0.25, 0.3) is 6.67 Å². The normalized spacial score (nSPS) is 13.7. The Morgan fingerprint density at radius 1 is 0.800 bits per heavy atom. The molecule has 0 saturated carbocycles. The zero-order valence-corrected chi connectivity index (χ0v) is 16.2. The van der Waals surface area contributed by atoms with Crippen LogP contribution in [0.2, 0.25) is 0 Å². The van der Waals surface area contributed by atoms with Gasteiger partial charge in [0.1, 0.15) is 5.82 Å². The molecule has 0 saturated heterocycles. The summed E-state index contributed by atoms with van der Waals surface area (Å²) >= 11 is 0. The molecule has 0 aromatic heterocycles. The molecule has 154 valence electrons. The molecule has 4 rings (SSSR count). The lowest BCUT2D eigenvalue weighted by atomic mass is 10.2. The molecule has 3 aromatic carbocycles. The molecular formula is C20H16ClFN4O4. The molecule has 0 aliphatic carbocycles. The van der Waals surface area contributed by atoms with Crippen molar-refractivity contribution in [3.63, 3.8) is 0 Å². The molecule has 8 nitrogen and oxygen atoms in total. The van der Waals surface area contributed by atoms with Gasteiger partial charge < -0.3 is 0 Å². The lowest BCUT2D eigenvalue weighted by molar-refractivity contribution is -2.00. The van der Waals surface area contributed by atoms with E-state index in [1.54, 1.807) is 12.1 Å². The molecule has 0 N–H and O–H groups in total. The average Bonchev–Trinajstić information content (AvgIpc) is 2.74. The fourth-order valence-corrected chi connectivity index (χ4v) is 2.63. The summed E-state index contributed by atoms with van der Waals surface area (Å²) in [6.07, 6.45) is 0. The van der Waals surface area contributed by atoms with Gasteiger partial charge in [-0.15, -0.1) is 15.3 Å².